The van der Waals surface area contributed by atoms with Crippen molar-refractivity contribution in [2.75, 3.05) is 12.9 Å². The molecule has 0 aromatic heterocycles. The zero-order valence-corrected chi connectivity index (χ0v) is 7.10. The van der Waals surface area contributed by atoms with Gasteiger partial charge in [0.2, 0.25) is 0 Å². The second-order valence-corrected chi connectivity index (χ2v) is 5.27. The van der Waals surface area contributed by atoms with Crippen molar-refractivity contribution in [3.05, 3.63) is 0 Å². The van der Waals surface area contributed by atoms with Crippen LogP contribution in [0.25, 0.3) is 0 Å². The fraction of sp³-hybridized carbons (Fsp3) is 1.00. The van der Waals surface area contributed by atoms with Crippen LogP contribution < -0.4 is 0 Å². The molecule has 50 valence electrons. The molecular weight excluding hydrogens is 140 g/mol. The van der Waals surface area contributed by atoms with E-state index in [4.69, 9.17) is 5.11 Å². The highest BCUT2D eigenvalue weighted by Gasteiger charge is 2.15. The highest BCUT2D eigenvalue weighted by atomic mass is 33.1. The van der Waals surface area contributed by atoms with E-state index < -0.39 is 0 Å². The normalized spacial score (nSPS) is 12.0. The van der Waals surface area contributed by atoms with Crippen molar-refractivity contribution in [3.63, 3.8) is 0 Å². The quantitative estimate of drug-likeness (QED) is 0.622. The lowest BCUT2D eigenvalue weighted by Crippen LogP contribution is -2.18. The van der Waals surface area contributed by atoms with Crippen LogP contribution in [0, 0.1) is 0 Å². The van der Waals surface area contributed by atoms with Gasteiger partial charge < -0.3 is 5.11 Å². The lowest BCUT2D eigenvalue weighted by molar-refractivity contribution is 0.265. The van der Waals surface area contributed by atoms with Gasteiger partial charge in [-0.1, -0.05) is 21.6 Å². The third-order valence-corrected chi connectivity index (χ3v) is 3.29. The van der Waals surface area contributed by atoms with E-state index in [1.807, 2.05) is 20.1 Å². The minimum absolute atomic E-state index is 0.0272. The molecule has 0 aliphatic heterocycles. The van der Waals surface area contributed by atoms with Gasteiger partial charge in [-0.15, -0.1) is 0 Å². The van der Waals surface area contributed by atoms with E-state index in [2.05, 4.69) is 0 Å². The SMILES string of the molecule is CSSC(C)(C)CO. The van der Waals surface area contributed by atoms with Crippen molar-refractivity contribution in [1.82, 2.24) is 0 Å². The predicted molar refractivity (Wildman–Crippen MR) is 42.3 cm³/mol. The van der Waals surface area contributed by atoms with E-state index >= 15 is 0 Å². The molecule has 0 atom stereocenters. The van der Waals surface area contributed by atoms with Crippen LogP contribution >= 0.6 is 21.6 Å². The number of aliphatic hydroxyl groups excluding tert-OH is 1. The summed E-state index contributed by atoms with van der Waals surface area (Å²) in [5, 5.41) is 8.69. The molecule has 0 aromatic carbocycles. The Labute approximate surface area is 58.6 Å². The first-order valence-corrected chi connectivity index (χ1v) is 5.01. The second-order valence-electron chi connectivity index (χ2n) is 2.17. The summed E-state index contributed by atoms with van der Waals surface area (Å²) < 4.78 is 0.0272. The Morgan fingerprint density at radius 3 is 2.12 bits per heavy atom. The lowest BCUT2D eigenvalue weighted by Gasteiger charge is -2.17. The number of hydrogen-bond donors (Lipinski definition) is 1. The van der Waals surface area contributed by atoms with Gasteiger partial charge in [0.1, 0.15) is 0 Å². The molecule has 3 heteroatoms. The van der Waals surface area contributed by atoms with Gasteiger partial charge in [-0.25, -0.2) is 0 Å². The summed E-state index contributed by atoms with van der Waals surface area (Å²) in [7, 11) is 3.39. The van der Waals surface area contributed by atoms with Crippen molar-refractivity contribution in [2.24, 2.45) is 0 Å². The van der Waals surface area contributed by atoms with E-state index in [-0.39, 0.29) is 11.4 Å². The smallest absolute Gasteiger partial charge is 0.0581 e. The molecule has 0 amide bonds. The summed E-state index contributed by atoms with van der Waals surface area (Å²) in [6.45, 7) is 4.29. The first-order chi connectivity index (χ1) is 3.62. The van der Waals surface area contributed by atoms with Crippen molar-refractivity contribution < 1.29 is 5.11 Å². The van der Waals surface area contributed by atoms with Gasteiger partial charge in [0.05, 0.1) is 6.61 Å². The van der Waals surface area contributed by atoms with Gasteiger partial charge in [0.15, 0.2) is 0 Å². The summed E-state index contributed by atoms with van der Waals surface area (Å²) in [5.74, 6) is 0. The molecule has 0 aliphatic carbocycles. The lowest BCUT2D eigenvalue weighted by atomic mass is 10.2. The minimum Gasteiger partial charge on any atom is -0.395 e. The second kappa shape index (κ2) is 3.64. The monoisotopic (exact) mass is 152 g/mol. The molecule has 0 rings (SSSR count). The molecule has 0 bridgehead atoms. The Kier molecular flexibility index (Phi) is 3.94. The Bertz CT molecular complexity index is 63.4. The number of rotatable bonds is 3. The molecule has 0 aliphatic rings. The molecule has 0 saturated heterocycles. The summed E-state index contributed by atoms with van der Waals surface area (Å²) in [5.41, 5.74) is 0. The van der Waals surface area contributed by atoms with E-state index in [0.29, 0.717) is 0 Å². The standard InChI is InChI=1S/C5H12OS2/c1-5(2,4-6)8-7-3/h6H,4H2,1-3H3. The van der Waals surface area contributed by atoms with Crippen LogP contribution in [0.1, 0.15) is 13.8 Å². The van der Waals surface area contributed by atoms with E-state index in [0.717, 1.165) is 0 Å². The van der Waals surface area contributed by atoms with Crippen molar-refractivity contribution in [1.29, 1.82) is 0 Å². The zero-order chi connectivity index (χ0) is 6.62. The van der Waals surface area contributed by atoms with Crippen LogP contribution in [0.2, 0.25) is 0 Å². The van der Waals surface area contributed by atoms with Crippen molar-refractivity contribution >= 4 is 21.6 Å². The molecule has 8 heavy (non-hydrogen) atoms. The molecule has 1 N–H and O–H groups in total. The van der Waals surface area contributed by atoms with Crippen LogP contribution in [0.5, 0.6) is 0 Å². The predicted octanol–water partition coefficient (Wildman–Crippen LogP) is 1.77. The van der Waals surface area contributed by atoms with Gasteiger partial charge >= 0.3 is 0 Å². The average Bonchev–Trinajstić information content (AvgIpc) is 1.67. The summed E-state index contributed by atoms with van der Waals surface area (Å²) in [4.78, 5) is 0. The van der Waals surface area contributed by atoms with Crippen LogP contribution in [0.4, 0.5) is 0 Å². The first kappa shape index (κ1) is 8.66. The molecule has 0 radical (unpaired) electrons. The van der Waals surface area contributed by atoms with Gasteiger partial charge in [0.25, 0.3) is 0 Å². The van der Waals surface area contributed by atoms with Gasteiger partial charge in [-0.3, -0.25) is 0 Å². The van der Waals surface area contributed by atoms with Crippen molar-refractivity contribution in [2.45, 2.75) is 18.6 Å². The van der Waals surface area contributed by atoms with E-state index in [1.54, 1.807) is 21.6 Å². The third kappa shape index (κ3) is 3.64. The molecule has 0 heterocycles. The number of aliphatic hydroxyl groups is 1. The highest BCUT2D eigenvalue weighted by molar-refractivity contribution is 8.76. The average molecular weight is 152 g/mol. The third-order valence-electron chi connectivity index (χ3n) is 0.690. The molecule has 1 nitrogen and oxygen atoms in total. The van der Waals surface area contributed by atoms with E-state index in [9.17, 15) is 0 Å². The van der Waals surface area contributed by atoms with Gasteiger partial charge in [-0.2, -0.15) is 0 Å². The van der Waals surface area contributed by atoms with Gasteiger partial charge in [-0.05, 0) is 20.1 Å². The maximum Gasteiger partial charge on any atom is 0.0581 e. The fourth-order valence-corrected chi connectivity index (χ4v) is 2.27. The largest absolute Gasteiger partial charge is 0.395 e. The van der Waals surface area contributed by atoms with Gasteiger partial charge in [0, 0.05) is 4.75 Å². The topological polar surface area (TPSA) is 20.2 Å². The van der Waals surface area contributed by atoms with Crippen LogP contribution in [-0.2, 0) is 0 Å². The molecule has 0 spiro atoms. The first-order valence-electron chi connectivity index (χ1n) is 2.45. The summed E-state index contributed by atoms with van der Waals surface area (Å²) in [6.07, 6.45) is 2.02. The highest BCUT2D eigenvalue weighted by Crippen LogP contribution is 2.32. The molecular formula is C5H12OS2. The maximum atomic E-state index is 8.69. The summed E-state index contributed by atoms with van der Waals surface area (Å²) >= 11 is 0. The fourth-order valence-electron chi connectivity index (χ4n) is 0.252. The Hall–Kier alpha value is 0.660. The number of hydrogen-bond acceptors (Lipinski definition) is 3. The van der Waals surface area contributed by atoms with Crippen LogP contribution in [-0.4, -0.2) is 22.7 Å². The molecule has 0 unspecified atom stereocenters. The maximum absolute atomic E-state index is 8.69. The van der Waals surface area contributed by atoms with Crippen molar-refractivity contribution in [3.8, 4) is 0 Å². The molecule has 0 fully saturated rings. The Balaban J connectivity index is 3.37. The molecule has 0 aromatic rings. The van der Waals surface area contributed by atoms with Crippen LogP contribution in [0.3, 0.4) is 0 Å². The zero-order valence-electron chi connectivity index (χ0n) is 5.47. The molecule has 0 saturated carbocycles. The minimum atomic E-state index is 0.0272. The van der Waals surface area contributed by atoms with Crippen LogP contribution in [0.15, 0.2) is 0 Å². The Morgan fingerprint density at radius 2 is 2.00 bits per heavy atom. The summed E-state index contributed by atoms with van der Waals surface area (Å²) in [6, 6.07) is 0. The van der Waals surface area contributed by atoms with E-state index in [1.165, 1.54) is 0 Å². The Morgan fingerprint density at radius 1 is 1.50 bits per heavy atom.